The summed E-state index contributed by atoms with van der Waals surface area (Å²) >= 11 is 0. The van der Waals surface area contributed by atoms with Crippen molar-refractivity contribution in [2.24, 2.45) is 0 Å². The molecule has 2 N–H and O–H groups in total. The summed E-state index contributed by atoms with van der Waals surface area (Å²) in [4.78, 5) is 11.7. The maximum absolute atomic E-state index is 11.7. The number of amides is 1. The van der Waals surface area contributed by atoms with Crippen LogP contribution in [-0.4, -0.2) is 22.7 Å². The van der Waals surface area contributed by atoms with Gasteiger partial charge in [0.05, 0.1) is 12.8 Å². The van der Waals surface area contributed by atoms with Crippen LogP contribution in [0.2, 0.25) is 0 Å². The molecule has 1 aromatic heterocycles. The minimum absolute atomic E-state index is 0.203. The number of aromatic amines is 1. The van der Waals surface area contributed by atoms with Crippen molar-refractivity contribution in [3.05, 3.63) is 47.7 Å². The lowest BCUT2D eigenvalue weighted by Gasteiger charge is -2.02. The van der Waals surface area contributed by atoms with Crippen molar-refractivity contribution in [1.29, 1.82) is 0 Å². The zero-order chi connectivity index (χ0) is 14.4. The van der Waals surface area contributed by atoms with Crippen LogP contribution in [0.15, 0.2) is 36.5 Å². The molecule has 0 atom stereocenters. The number of carbonyl (C=O) groups is 1. The van der Waals surface area contributed by atoms with Crippen LogP contribution in [0.1, 0.15) is 18.1 Å². The summed E-state index contributed by atoms with van der Waals surface area (Å²) in [6.07, 6.45) is 4.89. The Morgan fingerprint density at radius 1 is 1.40 bits per heavy atom. The van der Waals surface area contributed by atoms with E-state index in [1.54, 1.807) is 12.3 Å². The number of aryl methyl sites for hydroxylation is 1. The van der Waals surface area contributed by atoms with Crippen LogP contribution in [-0.2, 0) is 4.79 Å². The fourth-order valence-corrected chi connectivity index (χ4v) is 1.65. The minimum atomic E-state index is -0.203. The van der Waals surface area contributed by atoms with E-state index in [1.807, 2.05) is 38.1 Å². The second-order valence-corrected chi connectivity index (χ2v) is 4.25. The Labute approximate surface area is 117 Å². The van der Waals surface area contributed by atoms with E-state index in [9.17, 15) is 4.79 Å². The lowest BCUT2D eigenvalue weighted by molar-refractivity contribution is -0.111. The molecule has 0 aliphatic heterocycles. The van der Waals surface area contributed by atoms with Gasteiger partial charge in [-0.25, -0.2) is 0 Å². The van der Waals surface area contributed by atoms with E-state index >= 15 is 0 Å². The smallest absolute Gasteiger partial charge is 0.249 e. The Bertz CT molecular complexity index is 600. The number of H-pyrrole nitrogens is 1. The van der Waals surface area contributed by atoms with Gasteiger partial charge in [0.15, 0.2) is 0 Å². The molecule has 2 rings (SSSR count). The van der Waals surface area contributed by atoms with Crippen LogP contribution in [0.5, 0.6) is 5.75 Å². The maximum atomic E-state index is 11.7. The molecule has 0 saturated heterocycles. The molecule has 5 nitrogen and oxygen atoms in total. The lowest BCUT2D eigenvalue weighted by atomic mass is 10.2. The van der Waals surface area contributed by atoms with E-state index < -0.39 is 0 Å². The Morgan fingerprint density at radius 3 is 2.75 bits per heavy atom. The van der Waals surface area contributed by atoms with E-state index in [0.717, 1.165) is 16.9 Å². The number of rotatable bonds is 5. The van der Waals surface area contributed by atoms with Crippen molar-refractivity contribution >= 4 is 17.8 Å². The molecule has 0 fully saturated rings. The molecule has 0 bridgehead atoms. The Morgan fingerprint density at radius 2 is 2.15 bits per heavy atom. The first-order chi connectivity index (χ1) is 9.69. The van der Waals surface area contributed by atoms with Crippen LogP contribution in [0.3, 0.4) is 0 Å². The predicted octanol–water partition coefficient (Wildman–Crippen LogP) is 2.77. The fraction of sp³-hybridized carbons (Fsp3) is 0.200. The molecule has 1 aromatic carbocycles. The summed E-state index contributed by atoms with van der Waals surface area (Å²) in [5, 5.41) is 9.29. The molecule has 0 spiro atoms. The van der Waals surface area contributed by atoms with Gasteiger partial charge in [-0.3, -0.25) is 9.89 Å². The van der Waals surface area contributed by atoms with E-state index in [4.69, 9.17) is 4.74 Å². The van der Waals surface area contributed by atoms with Crippen molar-refractivity contribution in [1.82, 2.24) is 10.2 Å². The van der Waals surface area contributed by atoms with Gasteiger partial charge in [0.1, 0.15) is 11.6 Å². The monoisotopic (exact) mass is 271 g/mol. The summed E-state index contributed by atoms with van der Waals surface area (Å²) in [5.41, 5.74) is 1.83. The van der Waals surface area contributed by atoms with Gasteiger partial charge in [-0.2, -0.15) is 5.10 Å². The SMILES string of the molecule is CCOc1ccc(/C=C/C(=O)Nc2[nH]ncc2C)cc1. The molecular formula is C15H17N3O2. The van der Waals surface area contributed by atoms with E-state index in [1.165, 1.54) is 6.08 Å². The number of benzene rings is 1. The van der Waals surface area contributed by atoms with Gasteiger partial charge < -0.3 is 10.1 Å². The third kappa shape index (κ3) is 3.71. The van der Waals surface area contributed by atoms with Crippen LogP contribution < -0.4 is 10.1 Å². The van der Waals surface area contributed by atoms with Crippen LogP contribution >= 0.6 is 0 Å². The third-order valence-corrected chi connectivity index (χ3v) is 2.70. The van der Waals surface area contributed by atoms with Crippen molar-refractivity contribution in [3.8, 4) is 5.75 Å². The molecule has 20 heavy (non-hydrogen) atoms. The fourth-order valence-electron chi connectivity index (χ4n) is 1.65. The highest BCUT2D eigenvalue weighted by atomic mass is 16.5. The Kier molecular flexibility index (Phi) is 4.55. The molecule has 0 aliphatic carbocycles. The molecule has 0 aliphatic rings. The second kappa shape index (κ2) is 6.56. The van der Waals surface area contributed by atoms with Gasteiger partial charge in [0.25, 0.3) is 0 Å². The van der Waals surface area contributed by atoms with E-state index in [0.29, 0.717) is 12.4 Å². The van der Waals surface area contributed by atoms with Gasteiger partial charge in [-0.05, 0) is 37.6 Å². The first kappa shape index (κ1) is 13.9. The lowest BCUT2D eigenvalue weighted by Crippen LogP contribution is -2.08. The summed E-state index contributed by atoms with van der Waals surface area (Å²) in [7, 11) is 0. The highest BCUT2D eigenvalue weighted by Gasteiger charge is 2.02. The molecule has 1 amide bonds. The van der Waals surface area contributed by atoms with Crippen LogP contribution in [0, 0.1) is 6.92 Å². The normalized spacial score (nSPS) is 10.7. The highest BCUT2D eigenvalue weighted by molar-refractivity contribution is 6.01. The Balaban J connectivity index is 1.95. The summed E-state index contributed by atoms with van der Waals surface area (Å²) in [6.45, 7) is 4.45. The molecule has 0 radical (unpaired) electrons. The number of nitrogens with zero attached hydrogens (tertiary/aromatic N) is 1. The molecule has 5 heteroatoms. The standard InChI is InChI=1S/C15H17N3O2/c1-3-20-13-7-4-12(5-8-13)6-9-14(19)17-15-11(2)10-16-18-15/h4-10H,3H2,1-2H3,(H2,16,17,18,19)/b9-6+. The number of nitrogens with one attached hydrogen (secondary N) is 2. The van der Waals surface area contributed by atoms with Gasteiger partial charge >= 0.3 is 0 Å². The number of anilines is 1. The first-order valence-corrected chi connectivity index (χ1v) is 6.41. The Hall–Kier alpha value is -2.56. The summed E-state index contributed by atoms with van der Waals surface area (Å²) in [5.74, 6) is 1.24. The zero-order valence-electron chi connectivity index (χ0n) is 11.5. The number of hydrogen-bond donors (Lipinski definition) is 2. The average Bonchev–Trinajstić information content (AvgIpc) is 2.84. The molecule has 1 heterocycles. The molecule has 0 saturated carbocycles. The predicted molar refractivity (Wildman–Crippen MR) is 78.6 cm³/mol. The van der Waals surface area contributed by atoms with Gasteiger partial charge in [-0.1, -0.05) is 12.1 Å². The van der Waals surface area contributed by atoms with Crippen molar-refractivity contribution < 1.29 is 9.53 Å². The topological polar surface area (TPSA) is 67.0 Å². The van der Waals surface area contributed by atoms with Crippen LogP contribution in [0.4, 0.5) is 5.82 Å². The van der Waals surface area contributed by atoms with Crippen molar-refractivity contribution in [2.75, 3.05) is 11.9 Å². The third-order valence-electron chi connectivity index (χ3n) is 2.70. The number of carbonyl (C=O) groups excluding carboxylic acids is 1. The molecule has 0 unspecified atom stereocenters. The number of aromatic nitrogens is 2. The molecule has 104 valence electrons. The summed E-state index contributed by atoms with van der Waals surface area (Å²) in [6, 6.07) is 7.55. The minimum Gasteiger partial charge on any atom is -0.494 e. The quantitative estimate of drug-likeness (QED) is 0.822. The largest absolute Gasteiger partial charge is 0.494 e. The summed E-state index contributed by atoms with van der Waals surface area (Å²) < 4.78 is 5.36. The number of ether oxygens (including phenoxy) is 1. The van der Waals surface area contributed by atoms with Gasteiger partial charge in [0.2, 0.25) is 5.91 Å². The van der Waals surface area contributed by atoms with Crippen LogP contribution in [0.25, 0.3) is 6.08 Å². The van der Waals surface area contributed by atoms with Gasteiger partial charge in [0, 0.05) is 11.6 Å². The maximum Gasteiger partial charge on any atom is 0.249 e. The molecular weight excluding hydrogens is 254 g/mol. The van der Waals surface area contributed by atoms with Crippen molar-refractivity contribution in [3.63, 3.8) is 0 Å². The van der Waals surface area contributed by atoms with E-state index in [-0.39, 0.29) is 5.91 Å². The van der Waals surface area contributed by atoms with Crippen molar-refractivity contribution in [2.45, 2.75) is 13.8 Å². The number of hydrogen-bond acceptors (Lipinski definition) is 3. The molecule has 2 aromatic rings. The van der Waals surface area contributed by atoms with Gasteiger partial charge in [-0.15, -0.1) is 0 Å². The zero-order valence-corrected chi connectivity index (χ0v) is 11.5. The second-order valence-electron chi connectivity index (χ2n) is 4.25. The first-order valence-electron chi connectivity index (χ1n) is 6.41. The average molecular weight is 271 g/mol. The highest BCUT2D eigenvalue weighted by Crippen LogP contribution is 2.13. The van der Waals surface area contributed by atoms with E-state index in [2.05, 4.69) is 15.5 Å².